The first-order chi connectivity index (χ1) is 8.58. The SMILES string of the molecule is Cc1nc(C(C)NC2CCCCNC2=O)c(C)s1. The molecule has 0 aliphatic carbocycles. The first kappa shape index (κ1) is 13.5. The molecule has 2 unspecified atom stereocenters. The minimum Gasteiger partial charge on any atom is -0.355 e. The molecular weight excluding hydrogens is 246 g/mol. The molecule has 1 aromatic rings. The van der Waals surface area contributed by atoms with Crippen molar-refractivity contribution in [2.24, 2.45) is 0 Å². The second-order valence-corrected chi connectivity index (χ2v) is 6.31. The van der Waals surface area contributed by atoms with Crippen LogP contribution in [-0.4, -0.2) is 23.5 Å². The second kappa shape index (κ2) is 5.80. The van der Waals surface area contributed by atoms with Crippen molar-refractivity contribution in [3.05, 3.63) is 15.6 Å². The number of hydrogen-bond donors (Lipinski definition) is 2. The van der Waals surface area contributed by atoms with Gasteiger partial charge in [0.2, 0.25) is 5.91 Å². The molecule has 1 amide bonds. The summed E-state index contributed by atoms with van der Waals surface area (Å²) in [6.45, 7) is 7.00. The maximum Gasteiger partial charge on any atom is 0.237 e. The number of amides is 1. The Kier molecular flexibility index (Phi) is 4.35. The lowest BCUT2D eigenvalue weighted by molar-refractivity contribution is -0.123. The van der Waals surface area contributed by atoms with Gasteiger partial charge in [0.1, 0.15) is 0 Å². The Morgan fingerprint density at radius 2 is 2.22 bits per heavy atom. The molecule has 2 rings (SSSR count). The van der Waals surface area contributed by atoms with E-state index < -0.39 is 0 Å². The monoisotopic (exact) mass is 267 g/mol. The van der Waals surface area contributed by atoms with E-state index >= 15 is 0 Å². The Bertz CT molecular complexity index is 430. The summed E-state index contributed by atoms with van der Waals surface area (Å²) in [5, 5.41) is 7.45. The van der Waals surface area contributed by atoms with Crippen molar-refractivity contribution in [1.82, 2.24) is 15.6 Å². The van der Waals surface area contributed by atoms with Crippen LogP contribution in [0.25, 0.3) is 0 Å². The Morgan fingerprint density at radius 3 is 2.89 bits per heavy atom. The number of aromatic nitrogens is 1. The molecule has 5 heteroatoms. The van der Waals surface area contributed by atoms with Crippen LogP contribution in [-0.2, 0) is 4.79 Å². The molecule has 2 N–H and O–H groups in total. The average molecular weight is 267 g/mol. The van der Waals surface area contributed by atoms with E-state index in [2.05, 4.69) is 29.5 Å². The third-order valence-electron chi connectivity index (χ3n) is 3.34. The Labute approximate surface area is 112 Å². The zero-order valence-electron chi connectivity index (χ0n) is 11.2. The van der Waals surface area contributed by atoms with E-state index in [0.29, 0.717) is 0 Å². The molecule has 18 heavy (non-hydrogen) atoms. The Balaban J connectivity index is 2.03. The molecule has 0 radical (unpaired) electrons. The second-order valence-electron chi connectivity index (χ2n) is 4.90. The van der Waals surface area contributed by atoms with Gasteiger partial charge in [-0.1, -0.05) is 0 Å². The highest BCUT2D eigenvalue weighted by Gasteiger charge is 2.24. The summed E-state index contributed by atoms with van der Waals surface area (Å²) < 4.78 is 0. The van der Waals surface area contributed by atoms with Gasteiger partial charge in [0.15, 0.2) is 0 Å². The summed E-state index contributed by atoms with van der Waals surface area (Å²) in [7, 11) is 0. The van der Waals surface area contributed by atoms with Crippen molar-refractivity contribution in [2.45, 2.75) is 52.1 Å². The molecule has 1 aliphatic rings. The third kappa shape index (κ3) is 3.09. The number of nitrogens with one attached hydrogen (secondary N) is 2. The van der Waals surface area contributed by atoms with Gasteiger partial charge < -0.3 is 5.32 Å². The summed E-state index contributed by atoms with van der Waals surface area (Å²) in [6.07, 6.45) is 3.09. The fraction of sp³-hybridized carbons (Fsp3) is 0.692. The minimum atomic E-state index is -0.0797. The molecule has 2 heterocycles. The molecule has 1 saturated heterocycles. The molecule has 1 aliphatic heterocycles. The van der Waals surface area contributed by atoms with Crippen molar-refractivity contribution in [2.75, 3.05) is 6.54 Å². The van der Waals surface area contributed by atoms with E-state index in [0.717, 1.165) is 36.5 Å². The third-order valence-corrected chi connectivity index (χ3v) is 4.24. The van der Waals surface area contributed by atoms with Gasteiger partial charge in [-0.05, 0) is 40.0 Å². The van der Waals surface area contributed by atoms with E-state index in [1.165, 1.54) is 4.88 Å². The van der Waals surface area contributed by atoms with Gasteiger partial charge >= 0.3 is 0 Å². The van der Waals surface area contributed by atoms with Crippen molar-refractivity contribution >= 4 is 17.2 Å². The van der Waals surface area contributed by atoms with E-state index in [9.17, 15) is 4.79 Å². The molecular formula is C13H21N3OS. The predicted molar refractivity (Wildman–Crippen MR) is 73.8 cm³/mol. The smallest absolute Gasteiger partial charge is 0.237 e. The maximum atomic E-state index is 11.9. The van der Waals surface area contributed by atoms with E-state index in [1.807, 2.05) is 6.92 Å². The lowest BCUT2D eigenvalue weighted by Crippen LogP contribution is -2.43. The van der Waals surface area contributed by atoms with Gasteiger partial charge in [0, 0.05) is 17.5 Å². The normalized spacial score (nSPS) is 22.4. The highest BCUT2D eigenvalue weighted by molar-refractivity contribution is 7.11. The number of carbonyl (C=O) groups is 1. The van der Waals surface area contributed by atoms with Gasteiger partial charge in [-0.15, -0.1) is 11.3 Å². The minimum absolute atomic E-state index is 0.0797. The molecule has 0 spiro atoms. The van der Waals surface area contributed by atoms with E-state index in [4.69, 9.17) is 0 Å². The van der Waals surface area contributed by atoms with E-state index in [1.54, 1.807) is 11.3 Å². The molecule has 0 aromatic carbocycles. The number of nitrogens with zero attached hydrogens (tertiary/aromatic N) is 1. The molecule has 1 aromatic heterocycles. The Morgan fingerprint density at radius 1 is 1.44 bits per heavy atom. The van der Waals surface area contributed by atoms with Crippen LogP contribution >= 0.6 is 11.3 Å². The van der Waals surface area contributed by atoms with Crippen LogP contribution in [0.2, 0.25) is 0 Å². The number of carbonyl (C=O) groups excluding carboxylic acids is 1. The number of rotatable bonds is 3. The van der Waals surface area contributed by atoms with Gasteiger partial charge in [-0.2, -0.15) is 0 Å². The largest absolute Gasteiger partial charge is 0.355 e. The Hall–Kier alpha value is -0.940. The first-order valence-electron chi connectivity index (χ1n) is 6.55. The number of aryl methyl sites for hydroxylation is 2. The average Bonchev–Trinajstić information content (AvgIpc) is 2.52. The van der Waals surface area contributed by atoms with Crippen LogP contribution in [0.1, 0.15) is 47.8 Å². The zero-order valence-corrected chi connectivity index (χ0v) is 12.1. The molecule has 1 fully saturated rings. The molecule has 2 atom stereocenters. The summed E-state index contributed by atoms with van der Waals surface area (Å²) in [5.41, 5.74) is 1.08. The van der Waals surface area contributed by atoms with Crippen molar-refractivity contribution in [3.8, 4) is 0 Å². The summed E-state index contributed by atoms with van der Waals surface area (Å²) in [5.74, 6) is 0.129. The van der Waals surface area contributed by atoms with Crippen LogP contribution in [0.3, 0.4) is 0 Å². The zero-order chi connectivity index (χ0) is 13.1. The topological polar surface area (TPSA) is 54.0 Å². The van der Waals surface area contributed by atoms with Crippen molar-refractivity contribution < 1.29 is 4.79 Å². The van der Waals surface area contributed by atoms with Crippen molar-refractivity contribution in [1.29, 1.82) is 0 Å². The maximum absolute atomic E-state index is 11.9. The molecule has 0 saturated carbocycles. The molecule has 0 bridgehead atoms. The highest BCUT2D eigenvalue weighted by atomic mass is 32.1. The van der Waals surface area contributed by atoms with Crippen LogP contribution < -0.4 is 10.6 Å². The van der Waals surface area contributed by atoms with Crippen LogP contribution in [0.5, 0.6) is 0 Å². The lowest BCUT2D eigenvalue weighted by Gasteiger charge is -2.20. The fourth-order valence-electron chi connectivity index (χ4n) is 2.43. The van der Waals surface area contributed by atoms with Crippen LogP contribution in [0.4, 0.5) is 0 Å². The lowest BCUT2D eigenvalue weighted by atomic mass is 10.1. The van der Waals surface area contributed by atoms with E-state index in [-0.39, 0.29) is 18.0 Å². The molecule has 4 nitrogen and oxygen atoms in total. The number of thiazole rings is 1. The van der Waals surface area contributed by atoms with Crippen molar-refractivity contribution in [3.63, 3.8) is 0 Å². The van der Waals surface area contributed by atoms with Gasteiger partial charge in [-0.25, -0.2) is 4.98 Å². The summed E-state index contributed by atoms with van der Waals surface area (Å²) in [6, 6.07) is 0.0488. The standard InChI is InChI=1S/C13H21N3OS/c1-8(12-9(2)18-10(3)16-12)15-11-6-4-5-7-14-13(11)17/h8,11,15H,4-7H2,1-3H3,(H,14,17). The van der Waals surface area contributed by atoms with Gasteiger partial charge in [-0.3, -0.25) is 10.1 Å². The fourth-order valence-corrected chi connectivity index (χ4v) is 3.34. The van der Waals surface area contributed by atoms with Gasteiger partial charge in [0.05, 0.1) is 16.7 Å². The van der Waals surface area contributed by atoms with Crippen LogP contribution in [0.15, 0.2) is 0 Å². The van der Waals surface area contributed by atoms with Gasteiger partial charge in [0.25, 0.3) is 0 Å². The quantitative estimate of drug-likeness (QED) is 0.881. The predicted octanol–water partition coefficient (Wildman–Crippen LogP) is 2.08. The number of hydrogen-bond acceptors (Lipinski definition) is 4. The molecule has 100 valence electrons. The highest BCUT2D eigenvalue weighted by Crippen LogP contribution is 2.23. The van der Waals surface area contributed by atoms with Crippen LogP contribution in [0, 0.1) is 13.8 Å². The summed E-state index contributed by atoms with van der Waals surface area (Å²) >= 11 is 1.71. The summed E-state index contributed by atoms with van der Waals surface area (Å²) in [4.78, 5) is 17.7. The first-order valence-corrected chi connectivity index (χ1v) is 7.37.